The third-order valence-electron chi connectivity index (χ3n) is 3.19. The van der Waals surface area contributed by atoms with Gasteiger partial charge in [-0.2, -0.15) is 0 Å². The highest BCUT2D eigenvalue weighted by Crippen LogP contribution is 2.36. The van der Waals surface area contributed by atoms with E-state index in [1.165, 1.54) is 11.3 Å². The number of nitrogens with zero attached hydrogens (tertiary/aromatic N) is 1. The summed E-state index contributed by atoms with van der Waals surface area (Å²) in [5.74, 6) is -0.0561. The highest BCUT2D eigenvalue weighted by Gasteiger charge is 2.22. The predicted octanol–water partition coefficient (Wildman–Crippen LogP) is 4.92. The van der Waals surface area contributed by atoms with E-state index < -0.39 is 0 Å². The maximum atomic E-state index is 12.8. The Balaban J connectivity index is 1.84. The van der Waals surface area contributed by atoms with Gasteiger partial charge >= 0.3 is 0 Å². The highest BCUT2D eigenvalue weighted by atomic mass is 32.2. The highest BCUT2D eigenvalue weighted by molar-refractivity contribution is 8.00. The van der Waals surface area contributed by atoms with Crippen molar-refractivity contribution in [3.8, 4) is 0 Å². The van der Waals surface area contributed by atoms with Gasteiger partial charge in [0.2, 0.25) is 5.91 Å². The molecule has 0 aliphatic carbocycles. The Bertz CT molecular complexity index is 772. The average molecular weight is 340 g/mol. The van der Waals surface area contributed by atoms with Crippen molar-refractivity contribution in [3.05, 3.63) is 77.3 Å². The second-order valence-electron chi connectivity index (χ2n) is 5.00. The number of carbonyl (C=O) groups excluding carboxylic acids is 1. The Morgan fingerprint density at radius 1 is 1.09 bits per heavy atom. The van der Waals surface area contributed by atoms with Gasteiger partial charge in [-0.1, -0.05) is 48.5 Å². The first-order chi connectivity index (χ1) is 11.2. The minimum atomic E-state index is -0.317. The minimum Gasteiger partial charge on any atom is -0.301 e. The van der Waals surface area contributed by atoms with Gasteiger partial charge in [0.25, 0.3) is 0 Å². The molecule has 116 valence electrons. The zero-order valence-corrected chi connectivity index (χ0v) is 14.2. The lowest BCUT2D eigenvalue weighted by Gasteiger charge is -2.16. The standard InChI is InChI=1S/C18H16N2OS2/c1-13-12-22-18(19-13)20-17(21)16(14-8-4-2-5-9-14)23-15-10-6-3-7-11-15/h2-12,16H,1H3,(H,19,20,21). The van der Waals surface area contributed by atoms with Crippen molar-refractivity contribution in [2.24, 2.45) is 0 Å². The SMILES string of the molecule is Cc1csc(NC(=O)C(Sc2ccccc2)c2ccccc2)n1. The Hall–Kier alpha value is -2.11. The molecule has 0 bridgehead atoms. The molecular weight excluding hydrogens is 324 g/mol. The molecule has 2 aromatic carbocycles. The molecule has 0 fully saturated rings. The van der Waals surface area contributed by atoms with Crippen LogP contribution in [-0.4, -0.2) is 10.9 Å². The van der Waals surface area contributed by atoms with Gasteiger partial charge in [0.15, 0.2) is 5.13 Å². The topological polar surface area (TPSA) is 42.0 Å². The molecule has 3 aromatic rings. The summed E-state index contributed by atoms with van der Waals surface area (Å²) in [7, 11) is 0. The predicted molar refractivity (Wildman–Crippen MR) is 97.0 cm³/mol. The lowest BCUT2D eigenvalue weighted by Crippen LogP contribution is -2.18. The molecule has 0 aliphatic rings. The number of carbonyl (C=O) groups is 1. The molecule has 0 radical (unpaired) electrons. The van der Waals surface area contributed by atoms with Crippen molar-refractivity contribution >= 4 is 34.1 Å². The van der Waals surface area contributed by atoms with Crippen molar-refractivity contribution in [1.29, 1.82) is 0 Å². The molecule has 3 rings (SSSR count). The zero-order chi connectivity index (χ0) is 16.1. The fourth-order valence-electron chi connectivity index (χ4n) is 2.12. The second-order valence-corrected chi connectivity index (χ2v) is 7.04. The molecule has 1 heterocycles. The number of rotatable bonds is 5. The van der Waals surface area contributed by atoms with Crippen LogP contribution in [0.4, 0.5) is 5.13 Å². The first kappa shape index (κ1) is 15.8. The normalized spacial score (nSPS) is 11.9. The van der Waals surface area contributed by atoms with Gasteiger partial charge in [-0.3, -0.25) is 4.79 Å². The van der Waals surface area contributed by atoms with Gasteiger partial charge in [0, 0.05) is 10.3 Å². The van der Waals surface area contributed by atoms with Crippen LogP contribution in [-0.2, 0) is 4.79 Å². The quantitative estimate of drug-likeness (QED) is 0.670. The number of anilines is 1. The smallest absolute Gasteiger partial charge is 0.244 e. The van der Waals surface area contributed by atoms with E-state index in [2.05, 4.69) is 10.3 Å². The molecule has 1 unspecified atom stereocenters. The van der Waals surface area contributed by atoms with Gasteiger partial charge < -0.3 is 5.32 Å². The van der Waals surface area contributed by atoms with E-state index >= 15 is 0 Å². The van der Waals surface area contributed by atoms with E-state index in [-0.39, 0.29) is 11.2 Å². The monoisotopic (exact) mass is 340 g/mol. The van der Waals surface area contributed by atoms with E-state index in [0.717, 1.165) is 16.2 Å². The average Bonchev–Trinajstić information content (AvgIpc) is 2.99. The minimum absolute atomic E-state index is 0.0561. The lowest BCUT2D eigenvalue weighted by molar-refractivity contribution is -0.115. The molecule has 0 aliphatic heterocycles. The number of benzene rings is 2. The number of amides is 1. The van der Waals surface area contributed by atoms with Crippen LogP contribution in [0.5, 0.6) is 0 Å². The van der Waals surface area contributed by atoms with Crippen LogP contribution in [0.1, 0.15) is 16.5 Å². The third kappa shape index (κ3) is 4.21. The first-order valence-electron chi connectivity index (χ1n) is 7.22. The van der Waals surface area contributed by atoms with Crippen molar-refractivity contribution in [3.63, 3.8) is 0 Å². The molecule has 1 aromatic heterocycles. The summed E-state index contributed by atoms with van der Waals surface area (Å²) >= 11 is 2.99. The molecule has 0 saturated carbocycles. The van der Waals surface area contributed by atoms with Crippen molar-refractivity contribution in [2.75, 3.05) is 5.32 Å². The molecule has 1 N–H and O–H groups in total. The van der Waals surface area contributed by atoms with E-state index in [9.17, 15) is 4.79 Å². The number of aryl methyl sites for hydroxylation is 1. The molecule has 0 spiro atoms. The van der Waals surface area contributed by atoms with E-state index in [4.69, 9.17) is 0 Å². The van der Waals surface area contributed by atoms with Crippen LogP contribution in [0, 0.1) is 6.92 Å². The first-order valence-corrected chi connectivity index (χ1v) is 8.98. The largest absolute Gasteiger partial charge is 0.301 e. The summed E-state index contributed by atoms with van der Waals surface area (Å²) in [6, 6.07) is 19.8. The fourth-order valence-corrected chi connectivity index (χ4v) is 3.85. The Labute approximate surface area is 143 Å². The van der Waals surface area contributed by atoms with Crippen molar-refractivity contribution in [2.45, 2.75) is 17.1 Å². The Morgan fingerprint density at radius 3 is 2.35 bits per heavy atom. The molecule has 23 heavy (non-hydrogen) atoms. The van der Waals surface area contributed by atoms with Crippen molar-refractivity contribution < 1.29 is 4.79 Å². The molecule has 1 atom stereocenters. The molecule has 0 saturated heterocycles. The second kappa shape index (κ2) is 7.44. The van der Waals surface area contributed by atoms with Gasteiger partial charge in [0.1, 0.15) is 5.25 Å². The van der Waals surface area contributed by atoms with Crippen LogP contribution in [0.15, 0.2) is 70.9 Å². The van der Waals surface area contributed by atoms with E-state index in [1.807, 2.05) is 73.0 Å². The molecular formula is C18H16N2OS2. The van der Waals surface area contributed by atoms with Gasteiger partial charge in [-0.05, 0) is 24.6 Å². The van der Waals surface area contributed by atoms with Crippen LogP contribution in [0.2, 0.25) is 0 Å². The number of hydrogen-bond acceptors (Lipinski definition) is 4. The zero-order valence-electron chi connectivity index (χ0n) is 12.6. The van der Waals surface area contributed by atoms with Crippen LogP contribution < -0.4 is 5.32 Å². The number of aromatic nitrogens is 1. The fraction of sp³-hybridized carbons (Fsp3) is 0.111. The summed E-state index contributed by atoms with van der Waals surface area (Å²) in [4.78, 5) is 18.1. The van der Waals surface area contributed by atoms with E-state index in [0.29, 0.717) is 5.13 Å². The number of hydrogen-bond donors (Lipinski definition) is 1. The summed E-state index contributed by atoms with van der Waals surface area (Å²) in [6.45, 7) is 1.92. The van der Waals surface area contributed by atoms with Crippen molar-refractivity contribution in [1.82, 2.24) is 4.98 Å². The molecule has 1 amide bonds. The van der Waals surface area contributed by atoms with Crippen LogP contribution in [0.3, 0.4) is 0 Å². The maximum absolute atomic E-state index is 12.8. The number of thioether (sulfide) groups is 1. The summed E-state index contributed by atoms with van der Waals surface area (Å²) in [5, 5.41) is 5.18. The van der Waals surface area contributed by atoms with Gasteiger partial charge in [-0.15, -0.1) is 23.1 Å². The summed E-state index contributed by atoms with van der Waals surface area (Å²) in [6.07, 6.45) is 0. The lowest BCUT2D eigenvalue weighted by atomic mass is 10.1. The van der Waals surface area contributed by atoms with Crippen LogP contribution in [0.25, 0.3) is 0 Å². The molecule has 5 heteroatoms. The summed E-state index contributed by atoms with van der Waals surface area (Å²) < 4.78 is 0. The summed E-state index contributed by atoms with van der Waals surface area (Å²) in [5.41, 5.74) is 1.89. The number of thiazole rings is 1. The Morgan fingerprint density at radius 2 is 1.74 bits per heavy atom. The maximum Gasteiger partial charge on any atom is 0.244 e. The van der Waals surface area contributed by atoms with Gasteiger partial charge in [-0.25, -0.2) is 4.98 Å². The van der Waals surface area contributed by atoms with E-state index in [1.54, 1.807) is 11.8 Å². The molecule has 3 nitrogen and oxygen atoms in total. The third-order valence-corrected chi connectivity index (χ3v) is 5.33. The Kier molecular flexibility index (Phi) is 5.10. The number of nitrogens with one attached hydrogen (secondary N) is 1. The van der Waals surface area contributed by atoms with Crippen LogP contribution >= 0.6 is 23.1 Å². The van der Waals surface area contributed by atoms with Gasteiger partial charge in [0.05, 0.1) is 5.69 Å².